The third kappa shape index (κ3) is 1.46. The highest BCUT2D eigenvalue weighted by Gasteiger charge is 2.09. The van der Waals surface area contributed by atoms with E-state index in [-0.39, 0.29) is 0 Å². The third-order valence-corrected chi connectivity index (χ3v) is 2.58. The first-order valence-electron chi connectivity index (χ1n) is 4.80. The van der Waals surface area contributed by atoms with Gasteiger partial charge in [0.1, 0.15) is 0 Å². The van der Waals surface area contributed by atoms with Crippen molar-refractivity contribution in [1.29, 1.82) is 0 Å². The van der Waals surface area contributed by atoms with Gasteiger partial charge in [-0.25, -0.2) is 0 Å². The van der Waals surface area contributed by atoms with Crippen molar-refractivity contribution in [3.8, 4) is 0 Å². The average molecular weight is 173 g/mol. The summed E-state index contributed by atoms with van der Waals surface area (Å²) in [5, 5.41) is 0. The zero-order chi connectivity index (χ0) is 9.26. The minimum Gasteiger partial charge on any atom is -0.376 e. The van der Waals surface area contributed by atoms with Crippen LogP contribution in [0.2, 0.25) is 0 Å². The van der Waals surface area contributed by atoms with Gasteiger partial charge < -0.3 is 4.90 Å². The fourth-order valence-corrected chi connectivity index (χ4v) is 1.85. The molecule has 1 aromatic carbocycles. The molecule has 1 aliphatic rings. The minimum atomic E-state index is 1.04. The first-order chi connectivity index (χ1) is 6.31. The molecule has 1 aliphatic heterocycles. The number of rotatable bonds is 1. The van der Waals surface area contributed by atoms with E-state index < -0.39 is 0 Å². The highest BCUT2D eigenvalue weighted by Crippen LogP contribution is 2.22. The van der Waals surface area contributed by atoms with Crippen molar-refractivity contribution in [1.82, 2.24) is 4.90 Å². The van der Waals surface area contributed by atoms with Crippen molar-refractivity contribution in [3.63, 3.8) is 0 Å². The molecule has 0 atom stereocenters. The van der Waals surface area contributed by atoms with Gasteiger partial charge in [0.15, 0.2) is 0 Å². The zero-order valence-electron chi connectivity index (χ0n) is 8.25. The largest absolute Gasteiger partial charge is 0.376 e. The summed E-state index contributed by atoms with van der Waals surface area (Å²) in [4.78, 5) is 2.21. The van der Waals surface area contributed by atoms with Crippen molar-refractivity contribution < 1.29 is 0 Å². The molecule has 0 amide bonds. The van der Waals surface area contributed by atoms with Gasteiger partial charge in [0.2, 0.25) is 0 Å². The maximum absolute atomic E-state index is 2.22. The Bertz CT molecular complexity index is 339. The molecule has 13 heavy (non-hydrogen) atoms. The van der Waals surface area contributed by atoms with E-state index in [2.05, 4.69) is 49.3 Å². The number of aryl methyl sites for hydroxylation is 1. The average Bonchev–Trinajstić information content (AvgIpc) is 2.16. The Hall–Kier alpha value is -1.24. The predicted octanol–water partition coefficient (Wildman–Crippen LogP) is 2.67. The van der Waals surface area contributed by atoms with Crippen LogP contribution < -0.4 is 0 Å². The molecule has 0 spiro atoms. The molecule has 0 aliphatic carbocycles. The molecular weight excluding hydrogens is 158 g/mol. The first-order valence-corrected chi connectivity index (χ1v) is 4.80. The Morgan fingerprint density at radius 3 is 3.00 bits per heavy atom. The molecule has 2 rings (SSSR count). The van der Waals surface area contributed by atoms with Gasteiger partial charge in [0, 0.05) is 13.6 Å². The molecule has 0 radical (unpaired) electrons. The maximum atomic E-state index is 2.22. The van der Waals surface area contributed by atoms with E-state index in [1.165, 1.54) is 16.7 Å². The highest BCUT2D eigenvalue weighted by molar-refractivity contribution is 5.59. The quantitative estimate of drug-likeness (QED) is 0.631. The number of fused-ring (bicyclic) bond motifs is 1. The van der Waals surface area contributed by atoms with Gasteiger partial charge in [0.25, 0.3) is 0 Å². The summed E-state index contributed by atoms with van der Waals surface area (Å²) in [7, 11) is 2.11. The van der Waals surface area contributed by atoms with Crippen LogP contribution in [-0.2, 0) is 13.0 Å². The second-order valence-corrected chi connectivity index (χ2v) is 3.57. The van der Waals surface area contributed by atoms with Crippen LogP contribution in [0.3, 0.4) is 0 Å². The van der Waals surface area contributed by atoms with Crippen LogP contribution in [0, 0.1) is 0 Å². The molecule has 68 valence electrons. The van der Waals surface area contributed by atoms with Crippen LogP contribution in [0.4, 0.5) is 0 Å². The van der Waals surface area contributed by atoms with Crippen LogP contribution >= 0.6 is 0 Å². The summed E-state index contributed by atoms with van der Waals surface area (Å²) in [6, 6.07) is 6.59. The molecule has 1 nitrogen and oxygen atoms in total. The molecule has 0 unspecified atom stereocenters. The van der Waals surface area contributed by atoms with E-state index in [0.29, 0.717) is 0 Å². The lowest BCUT2D eigenvalue weighted by Gasteiger charge is -2.22. The molecule has 1 heteroatoms. The van der Waals surface area contributed by atoms with Crippen LogP contribution in [0.15, 0.2) is 24.4 Å². The van der Waals surface area contributed by atoms with Gasteiger partial charge in [-0.1, -0.05) is 25.1 Å². The standard InChI is InChI=1S/C12H15N/c1-3-10-5-4-6-11-9-13(2)8-7-12(10)11/h4-8H,3,9H2,1-2H3. The summed E-state index contributed by atoms with van der Waals surface area (Å²) < 4.78 is 0. The van der Waals surface area contributed by atoms with Crippen LogP contribution in [0.25, 0.3) is 6.08 Å². The van der Waals surface area contributed by atoms with E-state index in [0.717, 1.165) is 13.0 Å². The summed E-state index contributed by atoms with van der Waals surface area (Å²) in [5.74, 6) is 0. The molecule has 1 heterocycles. The number of hydrogen-bond acceptors (Lipinski definition) is 1. The van der Waals surface area contributed by atoms with Crippen LogP contribution in [-0.4, -0.2) is 11.9 Å². The summed E-state index contributed by atoms with van der Waals surface area (Å²) in [6.07, 6.45) is 5.50. The van der Waals surface area contributed by atoms with Crippen LogP contribution in [0.5, 0.6) is 0 Å². The molecule has 0 bridgehead atoms. The molecule has 0 saturated carbocycles. The number of nitrogens with zero attached hydrogens (tertiary/aromatic N) is 1. The SMILES string of the molecule is CCc1cccc2c1C=CN(C)C2. The third-order valence-electron chi connectivity index (χ3n) is 2.58. The van der Waals surface area contributed by atoms with Gasteiger partial charge in [-0.15, -0.1) is 0 Å². The van der Waals surface area contributed by atoms with Crippen molar-refractivity contribution in [3.05, 3.63) is 41.1 Å². The molecule has 0 saturated heterocycles. The molecule has 0 aromatic heterocycles. The fraction of sp³-hybridized carbons (Fsp3) is 0.333. The second kappa shape index (κ2) is 3.25. The molecule has 0 N–H and O–H groups in total. The Morgan fingerprint density at radius 1 is 1.38 bits per heavy atom. The van der Waals surface area contributed by atoms with Crippen molar-refractivity contribution in [2.75, 3.05) is 7.05 Å². The van der Waals surface area contributed by atoms with Gasteiger partial charge in [-0.05, 0) is 35.4 Å². The Labute approximate surface area is 79.7 Å². The van der Waals surface area contributed by atoms with E-state index in [1.807, 2.05) is 0 Å². The van der Waals surface area contributed by atoms with E-state index in [9.17, 15) is 0 Å². The van der Waals surface area contributed by atoms with Gasteiger partial charge >= 0.3 is 0 Å². The minimum absolute atomic E-state index is 1.04. The lowest BCUT2D eigenvalue weighted by Crippen LogP contribution is -2.15. The van der Waals surface area contributed by atoms with Crippen LogP contribution in [0.1, 0.15) is 23.6 Å². The normalized spacial score (nSPS) is 14.5. The number of benzene rings is 1. The summed E-state index contributed by atoms with van der Waals surface area (Å²) >= 11 is 0. The van der Waals surface area contributed by atoms with E-state index in [1.54, 1.807) is 0 Å². The summed E-state index contributed by atoms with van der Waals surface area (Å²) in [6.45, 7) is 3.25. The topological polar surface area (TPSA) is 3.24 Å². The Balaban J connectivity index is 2.49. The predicted molar refractivity (Wildman–Crippen MR) is 56.3 cm³/mol. The molecule has 1 aromatic rings. The van der Waals surface area contributed by atoms with E-state index in [4.69, 9.17) is 0 Å². The summed E-state index contributed by atoms with van der Waals surface area (Å²) in [5.41, 5.74) is 4.34. The molecular formula is C12H15N. The number of hydrogen-bond donors (Lipinski definition) is 0. The van der Waals surface area contributed by atoms with Gasteiger partial charge in [-0.2, -0.15) is 0 Å². The zero-order valence-corrected chi connectivity index (χ0v) is 8.25. The Kier molecular flexibility index (Phi) is 2.09. The lowest BCUT2D eigenvalue weighted by molar-refractivity contribution is 0.447. The highest BCUT2D eigenvalue weighted by atomic mass is 15.1. The van der Waals surface area contributed by atoms with Crippen molar-refractivity contribution in [2.45, 2.75) is 19.9 Å². The van der Waals surface area contributed by atoms with Crippen molar-refractivity contribution in [2.24, 2.45) is 0 Å². The Morgan fingerprint density at radius 2 is 2.23 bits per heavy atom. The monoisotopic (exact) mass is 173 g/mol. The maximum Gasteiger partial charge on any atom is 0.0426 e. The molecule has 0 fully saturated rings. The van der Waals surface area contributed by atoms with Crippen molar-refractivity contribution >= 4 is 6.08 Å². The first kappa shape index (κ1) is 8.36. The van der Waals surface area contributed by atoms with Gasteiger partial charge in [0.05, 0.1) is 0 Å². The van der Waals surface area contributed by atoms with E-state index >= 15 is 0 Å². The van der Waals surface area contributed by atoms with Gasteiger partial charge in [-0.3, -0.25) is 0 Å². The fourth-order valence-electron chi connectivity index (χ4n) is 1.85. The smallest absolute Gasteiger partial charge is 0.0426 e. The second-order valence-electron chi connectivity index (χ2n) is 3.57. The lowest BCUT2D eigenvalue weighted by atomic mass is 9.97.